The Kier molecular flexibility index (Phi) is 5.83. The number of benzene rings is 2. The molecule has 1 aliphatic rings. The second-order valence-corrected chi connectivity index (χ2v) is 7.98. The molecule has 0 N–H and O–H groups in total. The Labute approximate surface area is 191 Å². The Morgan fingerprint density at radius 3 is 2.61 bits per heavy atom. The zero-order chi connectivity index (χ0) is 22.8. The molecule has 168 valence electrons. The van der Waals surface area contributed by atoms with Gasteiger partial charge in [0.2, 0.25) is 5.88 Å². The molecule has 0 spiro atoms. The van der Waals surface area contributed by atoms with Gasteiger partial charge in [-0.2, -0.15) is 5.10 Å². The average Bonchev–Trinajstić information content (AvgIpc) is 2.88. The molecule has 4 aromatic rings. The van der Waals surface area contributed by atoms with Gasteiger partial charge in [0, 0.05) is 41.7 Å². The van der Waals surface area contributed by atoms with Crippen LogP contribution >= 0.6 is 0 Å². The van der Waals surface area contributed by atoms with Gasteiger partial charge < -0.3 is 14.4 Å². The fourth-order valence-corrected chi connectivity index (χ4v) is 4.11. The van der Waals surface area contributed by atoms with Crippen molar-refractivity contribution in [1.82, 2.24) is 20.2 Å². The Bertz CT molecular complexity index is 1280. The summed E-state index contributed by atoms with van der Waals surface area (Å²) in [5.74, 6) is 0.0439. The highest BCUT2D eigenvalue weighted by atomic mass is 19.1. The zero-order valence-corrected chi connectivity index (χ0v) is 18.5. The Hall–Kier alpha value is -3.65. The third-order valence-corrected chi connectivity index (χ3v) is 6.06. The Morgan fingerprint density at radius 2 is 1.85 bits per heavy atom. The maximum atomic E-state index is 15.0. The SMILES string of the molecule is COc1ccc(C(C)c2ccc(F)c(-c3ncnc4cc(N5CCOCC5)ccc34)c2)nn1. The number of methoxy groups -OCH3 is 1. The fraction of sp³-hybridized carbons (Fsp3) is 0.280. The zero-order valence-electron chi connectivity index (χ0n) is 18.5. The molecule has 1 atom stereocenters. The highest BCUT2D eigenvalue weighted by molar-refractivity contribution is 5.94. The van der Waals surface area contributed by atoms with Crippen LogP contribution in [-0.4, -0.2) is 53.6 Å². The summed E-state index contributed by atoms with van der Waals surface area (Å²) in [6.45, 7) is 5.11. The molecule has 8 heteroatoms. The largest absolute Gasteiger partial charge is 0.480 e. The van der Waals surface area contributed by atoms with Crippen molar-refractivity contribution in [2.45, 2.75) is 12.8 Å². The van der Waals surface area contributed by atoms with Crippen LogP contribution in [0.4, 0.5) is 10.1 Å². The molecule has 2 aromatic heterocycles. The summed E-state index contributed by atoms with van der Waals surface area (Å²) in [7, 11) is 1.55. The molecule has 7 nitrogen and oxygen atoms in total. The first-order chi connectivity index (χ1) is 16.1. The summed E-state index contributed by atoms with van der Waals surface area (Å²) < 4.78 is 25.5. The van der Waals surface area contributed by atoms with Gasteiger partial charge in [-0.15, -0.1) is 5.10 Å². The molecule has 0 aliphatic carbocycles. The standard InChI is InChI=1S/C25H24FN5O2/c1-16(22-7-8-24(32-2)30-29-22)17-3-6-21(26)20(13-17)25-19-5-4-18(14-23(19)27-15-28-25)31-9-11-33-12-10-31/h3-8,13-16H,9-12H2,1-2H3. The molecule has 1 unspecified atom stereocenters. The molecule has 5 rings (SSSR count). The minimum atomic E-state index is -0.330. The number of rotatable bonds is 5. The average molecular weight is 445 g/mol. The van der Waals surface area contributed by atoms with Gasteiger partial charge in [0.05, 0.1) is 37.2 Å². The van der Waals surface area contributed by atoms with Crippen LogP contribution in [-0.2, 0) is 4.74 Å². The van der Waals surface area contributed by atoms with Gasteiger partial charge in [-0.05, 0) is 42.0 Å². The van der Waals surface area contributed by atoms with Gasteiger partial charge in [0.15, 0.2) is 0 Å². The number of fused-ring (bicyclic) bond motifs is 1. The van der Waals surface area contributed by atoms with Crippen molar-refractivity contribution >= 4 is 16.6 Å². The van der Waals surface area contributed by atoms with E-state index in [1.54, 1.807) is 19.2 Å². The van der Waals surface area contributed by atoms with Gasteiger partial charge in [-0.25, -0.2) is 14.4 Å². The van der Waals surface area contributed by atoms with Gasteiger partial charge >= 0.3 is 0 Å². The smallest absolute Gasteiger partial charge is 0.233 e. The van der Waals surface area contributed by atoms with E-state index in [0.717, 1.165) is 40.9 Å². The highest BCUT2D eigenvalue weighted by Crippen LogP contribution is 2.33. The maximum absolute atomic E-state index is 15.0. The van der Waals surface area contributed by atoms with E-state index in [2.05, 4.69) is 25.1 Å². The molecule has 1 aliphatic heterocycles. The number of hydrogen-bond acceptors (Lipinski definition) is 7. The van der Waals surface area contributed by atoms with Gasteiger partial charge in [-0.3, -0.25) is 0 Å². The van der Waals surface area contributed by atoms with Crippen LogP contribution in [0.2, 0.25) is 0 Å². The lowest BCUT2D eigenvalue weighted by molar-refractivity contribution is 0.122. The summed E-state index contributed by atoms with van der Waals surface area (Å²) >= 11 is 0. The number of aromatic nitrogens is 4. The van der Waals surface area contributed by atoms with Crippen LogP contribution in [0.25, 0.3) is 22.2 Å². The van der Waals surface area contributed by atoms with E-state index in [9.17, 15) is 4.39 Å². The van der Waals surface area contributed by atoms with Crippen molar-refractivity contribution in [3.8, 4) is 17.1 Å². The molecular weight excluding hydrogens is 421 g/mol. The van der Waals surface area contributed by atoms with Crippen LogP contribution < -0.4 is 9.64 Å². The Balaban J connectivity index is 1.52. The minimum Gasteiger partial charge on any atom is -0.480 e. The molecule has 3 heterocycles. The van der Waals surface area contributed by atoms with Gasteiger partial charge in [-0.1, -0.05) is 13.0 Å². The van der Waals surface area contributed by atoms with Crippen LogP contribution in [0.1, 0.15) is 24.1 Å². The topological polar surface area (TPSA) is 73.3 Å². The number of ether oxygens (including phenoxy) is 2. The number of halogens is 1. The lowest BCUT2D eigenvalue weighted by Gasteiger charge is -2.29. The molecule has 2 aromatic carbocycles. The first kappa shape index (κ1) is 21.2. The molecule has 1 fully saturated rings. The first-order valence-electron chi connectivity index (χ1n) is 10.9. The monoisotopic (exact) mass is 445 g/mol. The number of morpholine rings is 1. The molecule has 0 amide bonds. The van der Waals surface area contributed by atoms with Crippen molar-refractivity contribution in [2.24, 2.45) is 0 Å². The van der Waals surface area contributed by atoms with Crippen LogP contribution in [0.15, 0.2) is 54.9 Å². The van der Waals surface area contributed by atoms with Crippen LogP contribution in [0.5, 0.6) is 5.88 Å². The maximum Gasteiger partial charge on any atom is 0.233 e. The second-order valence-electron chi connectivity index (χ2n) is 7.98. The summed E-state index contributed by atoms with van der Waals surface area (Å²) in [6, 6.07) is 14.8. The molecule has 0 radical (unpaired) electrons. The van der Waals surface area contributed by atoms with E-state index < -0.39 is 0 Å². The molecule has 0 bridgehead atoms. The molecule has 0 saturated carbocycles. The van der Waals surface area contributed by atoms with Crippen molar-refractivity contribution < 1.29 is 13.9 Å². The van der Waals surface area contributed by atoms with E-state index >= 15 is 0 Å². The quantitative estimate of drug-likeness (QED) is 0.455. The van der Waals surface area contributed by atoms with Gasteiger partial charge in [0.1, 0.15) is 12.1 Å². The highest BCUT2D eigenvalue weighted by Gasteiger charge is 2.18. The fourth-order valence-electron chi connectivity index (χ4n) is 4.11. The van der Waals surface area contributed by atoms with Crippen molar-refractivity contribution in [3.63, 3.8) is 0 Å². The Morgan fingerprint density at radius 1 is 1.00 bits per heavy atom. The predicted octanol–water partition coefficient (Wildman–Crippen LogP) is 4.22. The van der Waals surface area contributed by atoms with Crippen molar-refractivity contribution in [3.05, 3.63) is 71.9 Å². The molecule has 33 heavy (non-hydrogen) atoms. The number of anilines is 1. The van der Waals surface area contributed by atoms with Crippen molar-refractivity contribution in [2.75, 3.05) is 38.3 Å². The third kappa shape index (κ3) is 4.21. The van der Waals surface area contributed by atoms with E-state index in [-0.39, 0.29) is 11.7 Å². The van der Waals surface area contributed by atoms with E-state index in [0.29, 0.717) is 30.4 Å². The first-order valence-corrected chi connectivity index (χ1v) is 10.9. The van der Waals surface area contributed by atoms with E-state index in [1.165, 1.54) is 12.4 Å². The minimum absolute atomic E-state index is 0.0798. The number of hydrogen-bond donors (Lipinski definition) is 0. The summed E-state index contributed by atoms with van der Waals surface area (Å²) in [4.78, 5) is 11.2. The molecule has 1 saturated heterocycles. The van der Waals surface area contributed by atoms with E-state index in [4.69, 9.17) is 9.47 Å². The lowest BCUT2D eigenvalue weighted by Crippen LogP contribution is -2.36. The summed E-state index contributed by atoms with van der Waals surface area (Å²) in [5, 5.41) is 9.11. The number of nitrogens with zero attached hydrogens (tertiary/aromatic N) is 5. The van der Waals surface area contributed by atoms with Crippen LogP contribution in [0, 0.1) is 5.82 Å². The summed E-state index contributed by atoms with van der Waals surface area (Å²) in [6.07, 6.45) is 1.49. The van der Waals surface area contributed by atoms with Gasteiger partial charge in [0.25, 0.3) is 0 Å². The molecular formula is C25H24FN5O2. The normalized spacial score (nSPS) is 14.9. The van der Waals surface area contributed by atoms with Crippen molar-refractivity contribution in [1.29, 1.82) is 0 Å². The summed E-state index contributed by atoms with van der Waals surface area (Å²) in [5.41, 5.74) is 4.56. The van der Waals surface area contributed by atoms with Crippen LogP contribution in [0.3, 0.4) is 0 Å². The lowest BCUT2D eigenvalue weighted by atomic mass is 9.94. The third-order valence-electron chi connectivity index (χ3n) is 6.06. The predicted molar refractivity (Wildman–Crippen MR) is 124 cm³/mol. The second kappa shape index (κ2) is 9.07. The van der Waals surface area contributed by atoms with E-state index in [1.807, 2.05) is 37.3 Å².